The Bertz CT molecular complexity index is 1180. The summed E-state index contributed by atoms with van der Waals surface area (Å²) in [6.45, 7) is 2.04. The van der Waals surface area contributed by atoms with Gasteiger partial charge in [0, 0.05) is 0 Å². The average Bonchev–Trinajstić information content (AvgIpc) is 2.70. The molecule has 3 aromatic rings. The lowest BCUT2D eigenvalue weighted by molar-refractivity contribution is -0.432. The van der Waals surface area contributed by atoms with Crippen molar-refractivity contribution in [3.63, 3.8) is 0 Å². The molecule has 0 N–H and O–H groups in total. The molecule has 0 aliphatic carbocycles. The molecule has 3 aromatic carbocycles. The van der Waals surface area contributed by atoms with Crippen LogP contribution in [0.5, 0.6) is 0 Å². The molecule has 35 heavy (non-hydrogen) atoms. The third-order valence-corrected chi connectivity index (χ3v) is 4.92. The Balaban J connectivity index is 1.92. The van der Waals surface area contributed by atoms with Crippen molar-refractivity contribution in [3.05, 3.63) is 94.1 Å². The van der Waals surface area contributed by atoms with Gasteiger partial charge in [-0.15, -0.1) is 13.2 Å². The van der Waals surface area contributed by atoms with Gasteiger partial charge >= 0.3 is 12.5 Å². The summed E-state index contributed by atoms with van der Waals surface area (Å²) in [7, 11) is 0. The van der Waals surface area contributed by atoms with Crippen LogP contribution in [-0.2, 0) is 17.3 Å². The van der Waals surface area contributed by atoms with Gasteiger partial charge in [0.25, 0.3) is 0 Å². The smallest absolute Gasteiger partial charge is 0.222 e. The van der Waals surface area contributed by atoms with Gasteiger partial charge in [0.1, 0.15) is 28.8 Å². The normalized spacial score (nSPS) is 12.5. The third kappa shape index (κ3) is 6.45. The fraction of sp³-hybridized carbons (Fsp3) is 0.200. The highest BCUT2D eigenvalue weighted by Crippen LogP contribution is 2.40. The van der Waals surface area contributed by atoms with Crippen LogP contribution in [0.4, 0.5) is 39.5 Å². The van der Waals surface area contributed by atoms with Crippen molar-refractivity contribution in [1.82, 2.24) is 0 Å². The van der Waals surface area contributed by atoms with E-state index in [4.69, 9.17) is 0 Å². The first-order valence-electron chi connectivity index (χ1n) is 10.2. The van der Waals surface area contributed by atoms with Crippen molar-refractivity contribution in [3.8, 4) is 11.1 Å². The molecule has 0 aliphatic heterocycles. The molecule has 3 rings (SSSR count). The maximum absolute atomic E-state index is 14.6. The fourth-order valence-corrected chi connectivity index (χ4v) is 3.43. The Hall–Kier alpha value is -3.27. The second-order valence-corrected chi connectivity index (χ2v) is 7.56. The topological polar surface area (TPSA) is 9.23 Å². The first-order valence-corrected chi connectivity index (χ1v) is 10.2. The summed E-state index contributed by atoms with van der Waals surface area (Å²) in [6, 6.07) is 9.34. The summed E-state index contributed by atoms with van der Waals surface area (Å²) < 4.78 is 124. The lowest BCUT2D eigenvalue weighted by atomic mass is 9.99. The highest BCUT2D eigenvalue weighted by Gasteiger charge is 2.49. The fourth-order valence-electron chi connectivity index (χ4n) is 3.43. The molecule has 0 atom stereocenters. The van der Waals surface area contributed by atoms with Gasteiger partial charge in [-0.05, 0) is 52.9 Å². The van der Waals surface area contributed by atoms with Crippen LogP contribution in [0.25, 0.3) is 23.3 Å². The van der Waals surface area contributed by atoms with E-state index in [-0.39, 0.29) is 17.7 Å². The number of rotatable bonds is 7. The zero-order valence-corrected chi connectivity index (χ0v) is 18.0. The van der Waals surface area contributed by atoms with E-state index < -0.39 is 52.4 Å². The van der Waals surface area contributed by atoms with E-state index >= 15 is 0 Å². The van der Waals surface area contributed by atoms with E-state index in [1.54, 1.807) is 6.08 Å². The summed E-state index contributed by atoms with van der Waals surface area (Å²) in [5, 5.41) is 0. The van der Waals surface area contributed by atoms with Crippen LogP contribution in [-0.4, -0.2) is 6.36 Å². The number of ether oxygens (including phenoxy) is 1. The molecule has 0 saturated carbocycles. The van der Waals surface area contributed by atoms with Crippen LogP contribution in [0.2, 0.25) is 0 Å². The van der Waals surface area contributed by atoms with Crippen LogP contribution in [0.15, 0.2) is 48.5 Å². The molecule has 0 aromatic heterocycles. The van der Waals surface area contributed by atoms with E-state index in [1.165, 1.54) is 6.08 Å². The zero-order chi connectivity index (χ0) is 26.0. The second-order valence-electron chi connectivity index (χ2n) is 7.56. The van der Waals surface area contributed by atoms with E-state index in [1.807, 2.05) is 31.2 Å². The molecule has 186 valence electrons. The predicted octanol–water partition coefficient (Wildman–Crippen LogP) is 8.62. The molecule has 10 heteroatoms. The lowest BCUT2D eigenvalue weighted by Gasteiger charge is -2.20. The Morgan fingerprint density at radius 2 is 1.23 bits per heavy atom. The van der Waals surface area contributed by atoms with Crippen molar-refractivity contribution in [2.45, 2.75) is 32.2 Å². The molecular weight excluding hydrogens is 487 g/mol. The molecule has 0 bridgehead atoms. The van der Waals surface area contributed by atoms with Gasteiger partial charge in [-0.1, -0.05) is 49.8 Å². The molecule has 0 spiro atoms. The first-order chi connectivity index (χ1) is 16.3. The molecule has 0 radical (unpaired) electrons. The lowest BCUT2D eigenvalue weighted by Crippen LogP contribution is -2.29. The van der Waals surface area contributed by atoms with Crippen LogP contribution in [0.3, 0.4) is 0 Å². The van der Waals surface area contributed by atoms with E-state index in [9.17, 15) is 39.5 Å². The number of aryl methyl sites for hydroxylation is 1. The molecular formula is C25H17F9O. The van der Waals surface area contributed by atoms with Crippen LogP contribution >= 0.6 is 0 Å². The molecule has 0 aliphatic rings. The quantitative estimate of drug-likeness (QED) is 0.231. The number of benzene rings is 3. The number of hydrogen-bond donors (Lipinski definition) is 0. The summed E-state index contributed by atoms with van der Waals surface area (Å²) >= 11 is 0. The van der Waals surface area contributed by atoms with Gasteiger partial charge in [-0.2, -0.15) is 8.78 Å². The standard InChI is InChI=1S/C25H17F9O/c1-2-3-14-4-6-15(7-5-14)8-9-16-10-18(26)22(19(27)11-16)17-12-20(28)23(21(29)13-17)24(30,31)35-25(32,33)34/h4-13H,2-3H2,1H3/b9-8+. The molecule has 1 nitrogen and oxygen atoms in total. The number of halogens is 9. The van der Waals surface area contributed by atoms with Crippen molar-refractivity contribution >= 4 is 12.2 Å². The van der Waals surface area contributed by atoms with Gasteiger partial charge in [-0.3, -0.25) is 0 Å². The highest BCUT2D eigenvalue weighted by atomic mass is 19.4. The first kappa shape index (κ1) is 26.3. The number of hydrogen-bond acceptors (Lipinski definition) is 1. The van der Waals surface area contributed by atoms with Crippen molar-refractivity contribution in [2.24, 2.45) is 0 Å². The molecule has 0 fully saturated rings. The average molecular weight is 504 g/mol. The minimum Gasteiger partial charge on any atom is -0.222 e. The maximum atomic E-state index is 14.6. The van der Waals surface area contributed by atoms with Crippen LogP contribution < -0.4 is 0 Å². The molecule has 0 amide bonds. The van der Waals surface area contributed by atoms with Gasteiger partial charge in [-0.25, -0.2) is 22.3 Å². The summed E-state index contributed by atoms with van der Waals surface area (Å²) in [5.74, 6) is -6.90. The molecule has 0 saturated heterocycles. The van der Waals surface area contributed by atoms with Crippen molar-refractivity contribution in [1.29, 1.82) is 0 Å². The van der Waals surface area contributed by atoms with E-state index in [0.29, 0.717) is 0 Å². The largest absolute Gasteiger partial charge is 0.527 e. The van der Waals surface area contributed by atoms with Gasteiger partial charge in [0.05, 0.1) is 5.56 Å². The second kappa shape index (κ2) is 10.2. The summed E-state index contributed by atoms with van der Waals surface area (Å²) in [5.41, 5.74) is -2.19. The molecule has 0 unspecified atom stereocenters. The SMILES string of the molecule is CCCc1ccc(/C=C/c2cc(F)c(-c3cc(F)c(C(F)(F)OC(F)(F)F)c(F)c3)c(F)c2)cc1. The number of alkyl halides is 5. The Labute approximate surface area is 194 Å². The Morgan fingerprint density at radius 3 is 1.71 bits per heavy atom. The Kier molecular flexibility index (Phi) is 7.64. The van der Waals surface area contributed by atoms with E-state index in [0.717, 1.165) is 36.1 Å². The van der Waals surface area contributed by atoms with E-state index in [2.05, 4.69) is 4.74 Å². The highest BCUT2D eigenvalue weighted by molar-refractivity contribution is 5.73. The molecule has 0 heterocycles. The van der Waals surface area contributed by atoms with Gasteiger partial charge in [0.15, 0.2) is 0 Å². The van der Waals surface area contributed by atoms with Crippen molar-refractivity contribution < 1.29 is 44.3 Å². The third-order valence-electron chi connectivity index (χ3n) is 4.92. The van der Waals surface area contributed by atoms with Gasteiger partial charge < -0.3 is 0 Å². The maximum Gasteiger partial charge on any atom is 0.527 e. The van der Waals surface area contributed by atoms with Gasteiger partial charge in [0.2, 0.25) is 0 Å². The Morgan fingerprint density at radius 1 is 0.714 bits per heavy atom. The summed E-state index contributed by atoms with van der Waals surface area (Å²) in [6.07, 6.45) is -6.46. The monoisotopic (exact) mass is 504 g/mol. The van der Waals surface area contributed by atoms with Crippen LogP contribution in [0, 0.1) is 23.3 Å². The minimum absolute atomic E-state index is 0.0593. The zero-order valence-electron chi connectivity index (χ0n) is 18.0. The van der Waals surface area contributed by atoms with Crippen LogP contribution in [0.1, 0.15) is 35.6 Å². The summed E-state index contributed by atoms with van der Waals surface area (Å²) in [4.78, 5) is 0. The van der Waals surface area contributed by atoms with Crippen molar-refractivity contribution in [2.75, 3.05) is 0 Å². The minimum atomic E-state index is -5.90. The predicted molar refractivity (Wildman–Crippen MR) is 112 cm³/mol.